The summed E-state index contributed by atoms with van der Waals surface area (Å²) in [6.45, 7) is 10.3. The van der Waals surface area contributed by atoms with E-state index >= 15 is 0 Å². The molecule has 0 bridgehead atoms. The van der Waals surface area contributed by atoms with E-state index in [0.29, 0.717) is 16.5 Å². The van der Waals surface area contributed by atoms with Crippen molar-refractivity contribution in [3.05, 3.63) is 59.9 Å². The van der Waals surface area contributed by atoms with E-state index in [1.54, 1.807) is 18.2 Å². The van der Waals surface area contributed by atoms with E-state index in [9.17, 15) is 9.18 Å². The zero-order valence-electron chi connectivity index (χ0n) is 18.7. The maximum atomic E-state index is 14.6. The van der Waals surface area contributed by atoms with Crippen molar-refractivity contribution >= 4 is 17.7 Å². The minimum Gasteiger partial charge on any atom is -0.339 e. The Bertz CT molecular complexity index is 1080. The number of nitrogens with zero attached hydrogens (tertiary/aromatic N) is 5. The van der Waals surface area contributed by atoms with E-state index in [0.717, 1.165) is 44.0 Å². The number of benzene rings is 2. The highest BCUT2D eigenvalue weighted by Crippen LogP contribution is 2.32. The standard InChI is InChI=1S/C24H28FN5OS/c1-4-28-13-15-29(16-14-28)23(31)18(3)32-24-27-26-22(20-7-5-6-8-21(20)25)30(24)19-11-9-17(2)10-12-19/h5-12,18H,4,13-16H2,1-3H3. The van der Waals surface area contributed by atoms with Gasteiger partial charge in [-0.3, -0.25) is 9.36 Å². The normalized spacial score (nSPS) is 15.7. The molecule has 1 amide bonds. The number of aromatic nitrogens is 3. The molecule has 0 N–H and O–H groups in total. The lowest BCUT2D eigenvalue weighted by atomic mass is 10.2. The summed E-state index contributed by atoms with van der Waals surface area (Å²) >= 11 is 1.36. The minimum absolute atomic E-state index is 0.0941. The lowest BCUT2D eigenvalue weighted by Crippen LogP contribution is -2.50. The maximum Gasteiger partial charge on any atom is 0.235 e. The van der Waals surface area contributed by atoms with Crippen LogP contribution < -0.4 is 0 Å². The molecule has 6 nitrogen and oxygen atoms in total. The van der Waals surface area contributed by atoms with Crippen LogP contribution in [0.2, 0.25) is 0 Å². The zero-order valence-corrected chi connectivity index (χ0v) is 19.5. The van der Waals surface area contributed by atoms with Crippen molar-refractivity contribution in [1.82, 2.24) is 24.6 Å². The van der Waals surface area contributed by atoms with Gasteiger partial charge < -0.3 is 9.80 Å². The summed E-state index contributed by atoms with van der Waals surface area (Å²) in [6, 6.07) is 14.5. The third kappa shape index (κ3) is 4.71. The Morgan fingerprint density at radius 1 is 1.06 bits per heavy atom. The predicted molar refractivity (Wildman–Crippen MR) is 126 cm³/mol. The number of hydrogen-bond donors (Lipinski definition) is 0. The van der Waals surface area contributed by atoms with Crippen molar-refractivity contribution in [3.63, 3.8) is 0 Å². The first-order chi connectivity index (χ1) is 15.5. The van der Waals surface area contributed by atoms with E-state index in [1.165, 1.54) is 17.8 Å². The van der Waals surface area contributed by atoms with E-state index in [1.807, 2.05) is 47.6 Å². The molecule has 1 atom stereocenters. The van der Waals surface area contributed by atoms with Crippen LogP contribution in [-0.2, 0) is 4.79 Å². The van der Waals surface area contributed by atoms with Crippen molar-refractivity contribution in [1.29, 1.82) is 0 Å². The Balaban J connectivity index is 1.63. The molecule has 8 heteroatoms. The molecule has 1 aromatic heterocycles. The molecule has 0 spiro atoms. The number of likely N-dealkylation sites (N-methyl/N-ethyl adjacent to an activating group) is 1. The summed E-state index contributed by atoms with van der Waals surface area (Å²) in [5.41, 5.74) is 2.33. The molecule has 1 unspecified atom stereocenters. The summed E-state index contributed by atoms with van der Waals surface area (Å²) in [5, 5.41) is 8.91. The Morgan fingerprint density at radius 2 is 1.75 bits per heavy atom. The van der Waals surface area contributed by atoms with Crippen molar-refractivity contribution in [3.8, 4) is 17.1 Å². The Morgan fingerprint density at radius 3 is 2.41 bits per heavy atom. The van der Waals surface area contributed by atoms with Gasteiger partial charge in [0.05, 0.1) is 10.8 Å². The monoisotopic (exact) mass is 453 g/mol. The SMILES string of the molecule is CCN1CCN(C(=O)C(C)Sc2nnc(-c3ccccc3F)n2-c2ccc(C)cc2)CC1. The molecular formula is C24H28FN5OS. The predicted octanol–water partition coefficient (Wildman–Crippen LogP) is 4.03. The molecule has 32 heavy (non-hydrogen) atoms. The first-order valence-corrected chi connectivity index (χ1v) is 11.8. The van der Waals surface area contributed by atoms with Gasteiger partial charge in [0.1, 0.15) is 5.82 Å². The Hall–Kier alpha value is -2.71. The second-order valence-electron chi connectivity index (χ2n) is 7.98. The Labute approximate surface area is 192 Å². The summed E-state index contributed by atoms with van der Waals surface area (Å²) in [7, 11) is 0. The van der Waals surface area contributed by atoms with E-state index in [-0.39, 0.29) is 17.0 Å². The molecule has 0 aliphatic carbocycles. The summed E-state index contributed by atoms with van der Waals surface area (Å²) < 4.78 is 16.4. The third-order valence-electron chi connectivity index (χ3n) is 5.80. The highest BCUT2D eigenvalue weighted by atomic mass is 32.2. The van der Waals surface area contributed by atoms with Crippen LogP contribution in [0.1, 0.15) is 19.4 Å². The fraction of sp³-hybridized carbons (Fsp3) is 0.375. The molecule has 2 aromatic carbocycles. The summed E-state index contributed by atoms with van der Waals surface area (Å²) in [4.78, 5) is 17.4. The van der Waals surface area contributed by atoms with Gasteiger partial charge in [0.25, 0.3) is 0 Å². The molecule has 2 heterocycles. The van der Waals surface area contributed by atoms with Crippen LogP contribution in [0.15, 0.2) is 53.7 Å². The summed E-state index contributed by atoms with van der Waals surface area (Å²) in [6.07, 6.45) is 0. The molecule has 1 saturated heterocycles. The topological polar surface area (TPSA) is 54.3 Å². The van der Waals surface area contributed by atoms with Crippen LogP contribution in [0.5, 0.6) is 0 Å². The number of hydrogen-bond acceptors (Lipinski definition) is 5. The number of rotatable bonds is 6. The zero-order chi connectivity index (χ0) is 22.7. The minimum atomic E-state index is -0.359. The average molecular weight is 454 g/mol. The second-order valence-corrected chi connectivity index (χ2v) is 9.28. The van der Waals surface area contributed by atoms with Crippen LogP contribution in [0.25, 0.3) is 17.1 Å². The second kappa shape index (κ2) is 9.83. The van der Waals surface area contributed by atoms with E-state index in [4.69, 9.17) is 0 Å². The fourth-order valence-corrected chi connectivity index (χ4v) is 4.79. The van der Waals surface area contributed by atoms with Crippen LogP contribution in [0.4, 0.5) is 4.39 Å². The lowest BCUT2D eigenvalue weighted by molar-refractivity contribution is -0.132. The molecule has 1 fully saturated rings. The molecule has 3 aromatic rings. The van der Waals surface area contributed by atoms with Crippen LogP contribution in [0.3, 0.4) is 0 Å². The van der Waals surface area contributed by atoms with Gasteiger partial charge >= 0.3 is 0 Å². The van der Waals surface area contributed by atoms with Crippen molar-refractivity contribution in [2.75, 3.05) is 32.7 Å². The fourth-order valence-electron chi connectivity index (χ4n) is 3.84. The average Bonchev–Trinajstić information content (AvgIpc) is 3.22. The van der Waals surface area contributed by atoms with Gasteiger partial charge in [-0.15, -0.1) is 10.2 Å². The largest absolute Gasteiger partial charge is 0.339 e. The molecule has 1 aliphatic heterocycles. The smallest absolute Gasteiger partial charge is 0.235 e. The van der Waals surface area contributed by atoms with Crippen LogP contribution in [0, 0.1) is 12.7 Å². The van der Waals surface area contributed by atoms with Gasteiger partial charge in [0, 0.05) is 31.9 Å². The van der Waals surface area contributed by atoms with Gasteiger partial charge in [-0.1, -0.05) is 48.5 Å². The van der Waals surface area contributed by atoms with E-state index < -0.39 is 0 Å². The third-order valence-corrected chi connectivity index (χ3v) is 6.83. The quantitative estimate of drug-likeness (QED) is 0.528. The van der Waals surface area contributed by atoms with Gasteiger partial charge in [-0.25, -0.2) is 4.39 Å². The van der Waals surface area contributed by atoms with Crippen LogP contribution in [-0.4, -0.2) is 68.4 Å². The molecular weight excluding hydrogens is 425 g/mol. The molecule has 4 rings (SSSR count). The first-order valence-electron chi connectivity index (χ1n) is 10.9. The van der Waals surface area contributed by atoms with E-state index in [2.05, 4.69) is 22.0 Å². The number of aryl methyl sites for hydroxylation is 1. The number of halogens is 1. The lowest BCUT2D eigenvalue weighted by Gasteiger charge is -2.35. The van der Waals surface area contributed by atoms with Crippen molar-refractivity contribution in [2.24, 2.45) is 0 Å². The van der Waals surface area contributed by atoms with Crippen molar-refractivity contribution < 1.29 is 9.18 Å². The number of carbonyl (C=O) groups is 1. The highest BCUT2D eigenvalue weighted by Gasteiger charge is 2.28. The number of carbonyl (C=O) groups excluding carboxylic acids is 1. The summed E-state index contributed by atoms with van der Waals surface area (Å²) in [5.74, 6) is 0.157. The van der Waals surface area contributed by atoms with Gasteiger partial charge in [0.2, 0.25) is 5.91 Å². The molecule has 168 valence electrons. The van der Waals surface area contributed by atoms with Gasteiger partial charge in [-0.2, -0.15) is 0 Å². The Kier molecular flexibility index (Phi) is 6.91. The molecule has 0 radical (unpaired) electrons. The van der Waals surface area contributed by atoms with Gasteiger partial charge in [0.15, 0.2) is 11.0 Å². The maximum absolute atomic E-state index is 14.6. The molecule has 1 aliphatic rings. The molecule has 0 saturated carbocycles. The van der Waals surface area contributed by atoms with Crippen LogP contribution >= 0.6 is 11.8 Å². The number of amides is 1. The highest BCUT2D eigenvalue weighted by molar-refractivity contribution is 8.00. The number of piperazine rings is 1. The number of thioether (sulfide) groups is 1. The van der Waals surface area contributed by atoms with Crippen molar-refractivity contribution in [2.45, 2.75) is 31.2 Å². The first kappa shape index (κ1) is 22.5. The van der Waals surface area contributed by atoms with Gasteiger partial charge in [-0.05, 0) is 44.7 Å².